The van der Waals surface area contributed by atoms with E-state index in [1.165, 1.54) is 12.7 Å². The van der Waals surface area contributed by atoms with Gasteiger partial charge in [-0.2, -0.15) is 0 Å². The number of aryl methyl sites for hydroxylation is 2. The van der Waals surface area contributed by atoms with Crippen LogP contribution in [0.15, 0.2) is 34.7 Å². The van der Waals surface area contributed by atoms with E-state index in [0.29, 0.717) is 5.76 Å². The monoisotopic (exact) mass is 275 g/mol. The molecule has 0 bridgehead atoms. The molecule has 5 heteroatoms. The topological polar surface area (TPSA) is 60.7 Å². The van der Waals surface area contributed by atoms with E-state index in [2.05, 4.69) is 16.4 Å². The van der Waals surface area contributed by atoms with E-state index in [1.54, 1.807) is 12.1 Å². The number of hydrogen-bond donors (Lipinski definition) is 1. The zero-order valence-corrected chi connectivity index (χ0v) is 11.7. The van der Waals surface area contributed by atoms with Crippen LogP contribution in [0.3, 0.4) is 0 Å². The van der Waals surface area contributed by atoms with Gasteiger partial charge in [0, 0.05) is 0 Å². The van der Waals surface area contributed by atoms with E-state index in [1.807, 2.05) is 26.0 Å². The van der Waals surface area contributed by atoms with Crippen LogP contribution < -0.4 is 10.2 Å². The number of hydrogen-bond acceptors (Lipinski definition) is 4. The molecule has 0 aliphatic carbocycles. The SMILES string of the molecule is CONC(=O)c1ccc(COc2ccc(C)cc2C)o1. The molecule has 1 amide bonds. The molecule has 0 saturated heterocycles. The van der Waals surface area contributed by atoms with Crippen molar-refractivity contribution in [3.8, 4) is 5.75 Å². The van der Waals surface area contributed by atoms with Crippen LogP contribution in [0.1, 0.15) is 27.4 Å². The van der Waals surface area contributed by atoms with Crippen LogP contribution in [-0.4, -0.2) is 13.0 Å². The predicted octanol–water partition coefficient (Wildman–Crippen LogP) is 2.77. The minimum atomic E-state index is -0.426. The molecule has 0 fully saturated rings. The van der Waals surface area contributed by atoms with E-state index in [9.17, 15) is 4.79 Å². The fourth-order valence-corrected chi connectivity index (χ4v) is 1.83. The van der Waals surface area contributed by atoms with Gasteiger partial charge < -0.3 is 9.15 Å². The summed E-state index contributed by atoms with van der Waals surface area (Å²) < 4.78 is 11.0. The Morgan fingerprint density at radius 1 is 1.25 bits per heavy atom. The van der Waals surface area contributed by atoms with Crippen LogP contribution in [0.2, 0.25) is 0 Å². The molecule has 2 rings (SSSR count). The van der Waals surface area contributed by atoms with Gasteiger partial charge in [-0.25, -0.2) is 5.48 Å². The van der Waals surface area contributed by atoms with Gasteiger partial charge in [0.05, 0.1) is 7.11 Å². The average Bonchev–Trinajstić information content (AvgIpc) is 2.87. The summed E-state index contributed by atoms with van der Waals surface area (Å²) in [7, 11) is 1.37. The fraction of sp³-hybridized carbons (Fsp3) is 0.267. The maximum atomic E-state index is 11.5. The average molecular weight is 275 g/mol. The molecule has 2 aromatic rings. The molecule has 106 valence electrons. The highest BCUT2D eigenvalue weighted by Crippen LogP contribution is 2.20. The standard InChI is InChI=1S/C15H17NO4/c1-10-4-6-13(11(2)8-10)19-9-12-5-7-14(20-12)15(17)16-18-3/h4-8H,9H2,1-3H3,(H,16,17). The Morgan fingerprint density at radius 3 is 2.75 bits per heavy atom. The maximum absolute atomic E-state index is 11.5. The largest absolute Gasteiger partial charge is 0.485 e. The number of nitrogens with one attached hydrogen (secondary N) is 1. The fourth-order valence-electron chi connectivity index (χ4n) is 1.83. The molecule has 0 saturated carbocycles. The van der Waals surface area contributed by atoms with Gasteiger partial charge in [0.1, 0.15) is 18.1 Å². The van der Waals surface area contributed by atoms with Crippen molar-refractivity contribution in [3.05, 3.63) is 53.0 Å². The van der Waals surface area contributed by atoms with Crippen LogP contribution >= 0.6 is 0 Å². The number of carbonyl (C=O) groups is 1. The van der Waals surface area contributed by atoms with Crippen molar-refractivity contribution in [2.24, 2.45) is 0 Å². The van der Waals surface area contributed by atoms with E-state index < -0.39 is 5.91 Å². The number of furan rings is 1. The van der Waals surface area contributed by atoms with Gasteiger partial charge >= 0.3 is 5.91 Å². The van der Waals surface area contributed by atoms with Gasteiger partial charge in [-0.3, -0.25) is 9.63 Å². The second kappa shape index (κ2) is 6.25. The summed E-state index contributed by atoms with van der Waals surface area (Å²) in [6.45, 7) is 4.29. The molecule has 0 radical (unpaired) electrons. The lowest BCUT2D eigenvalue weighted by molar-refractivity contribution is 0.0506. The van der Waals surface area contributed by atoms with Gasteiger partial charge in [-0.15, -0.1) is 0 Å². The highest BCUT2D eigenvalue weighted by molar-refractivity contribution is 5.90. The van der Waals surface area contributed by atoms with Crippen molar-refractivity contribution in [3.63, 3.8) is 0 Å². The Labute approximate surface area is 117 Å². The first-order valence-electron chi connectivity index (χ1n) is 6.22. The molecule has 0 aliphatic heterocycles. The Bertz CT molecular complexity index is 604. The highest BCUT2D eigenvalue weighted by Gasteiger charge is 2.11. The van der Waals surface area contributed by atoms with Crippen LogP contribution in [0.25, 0.3) is 0 Å². The predicted molar refractivity (Wildman–Crippen MR) is 73.4 cm³/mol. The molecular weight excluding hydrogens is 258 g/mol. The van der Waals surface area contributed by atoms with Crippen LogP contribution in [0, 0.1) is 13.8 Å². The summed E-state index contributed by atoms with van der Waals surface area (Å²) in [4.78, 5) is 16.0. The number of carbonyl (C=O) groups excluding carboxylic acids is 1. The summed E-state index contributed by atoms with van der Waals surface area (Å²) in [5.74, 6) is 1.14. The minimum absolute atomic E-state index is 0.186. The normalized spacial score (nSPS) is 10.3. The van der Waals surface area contributed by atoms with Gasteiger partial charge in [-0.1, -0.05) is 17.7 Å². The zero-order valence-electron chi connectivity index (χ0n) is 11.7. The molecular formula is C15H17NO4. The van der Waals surface area contributed by atoms with Gasteiger partial charge in [0.2, 0.25) is 0 Å². The quantitative estimate of drug-likeness (QED) is 0.852. The summed E-state index contributed by atoms with van der Waals surface area (Å²) in [5.41, 5.74) is 4.44. The van der Waals surface area contributed by atoms with E-state index in [4.69, 9.17) is 9.15 Å². The first-order valence-corrected chi connectivity index (χ1v) is 6.22. The lowest BCUT2D eigenvalue weighted by Crippen LogP contribution is -2.21. The molecule has 1 aromatic heterocycles. The third kappa shape index (κ3) is 3.39. The van der Waals surface area contributed by atoms with Crippen molar-refractivity contribution in [2.45, 2.75) is 20.5 Å². The Hall–Kier alpha value is -2.27. The lowest BCUT2D eigenvalue weighted by atomic mass is 10.1. The first-order chi connectivity index (χ1) is 9.60. The first kappa shape index (κ1) is 14.1. The van der Waals surface area contributed by atoms with Crippen LogP contribution in [0.4, 0.5) is 0 Å². The van der Waals surface area contributed by atoms with Gasteiger partial charge in [0.25, 0.3) is 0 Å². The molecule has 20 heavy (non-hydrogen) atoms. The Kier molecular flexibility index (Phi) is 4.42. The molecule has 5 nitrogen and oxygen atoms in total. The molecule has 1 aromatic carbocycles. The van der Waals surface area contributed by atoms with Gasteiger partial charge in [-0.05, 0) is 37.6 Å². The summed E-state index contributed by atoms with van der Waals surface area (Å²) in [6.07, 6.45) is 0. The maximum Gasteiger partial charge on any atom is 0.310 e. The second-order valence-corrected chi connectivity index (χ2v) is 4.46. The van der Waals surface area contributed by atoms with Crippen molar-refractivity contribution in [1.82, 2.24) is 5.48 Å². The van der Waals surface area contributed by atoms with Crippen molar-refractivity contribution in [1.29, 1.82) is 0 Å². The number of hydroxylamine groups is 1. The Morgan fingerprint density at radius 2 is 2.05 bits per heavy atom. The summed E-state index contributed by atoms with van der Waals surface area (Å²) >= 11 is 0. The Balaban J connectivity index is 1.99. The number of benzene rings is 1. The van der Waals surface area contributed by atoms with Crippen LogP contribution in [-0.2, 0) is 11.4 Å². The lowest BCUT2D eigenvalue weighted by Gasteiger charge is -2.08. The van der Waals surface area contributed by atoms with Crippen molar-refractivity contribution in [2.75, 3.05) is 7.11 Å². The smallest absolute Gasteiger partial charge is 0.310 e. The zero-order chi connectivity index (χ0) is 14.5. The van der Waals surface area contributed by atoms with Crippen molar-refractivity contribution < 1.29 is 18.8 Å². The van der Waals surface area contributed by atoms with Crippen LogP contribution in [0.5, 0.6) is 5.75 Å². The van der Waals surface area contributed by atoms with E-state index in [-0.39, 0.29) is 12.4 Å². The second-order valence-electron chi connectivity index (χ2n) is 4.46. The van der Waals surface area contributed by atoms with E-state index in [0.717, 1.165) is 11.3 Å². The summed E-state index contributed by atoms with van der Waals surface area (Å²) in [6, 6.07) is 9.24. The van der Waals surface area contributed by atoms with Gasteiger partial charge in [0.15, 0.2) is 5.76 Å². The molecule has 1 heterocycles. The molecule has 1 N–H and O–H groups in total. The number of rotatable bonds is 5. The molecule has 0 unspecified atom stereocenters. The van der Waals surface area contributed by atoms with E-state index >= 15 is 0 Å². The third-order valence-electron chi connectivity index (χ3n) is 2.78. The number of ether oxygens (including phenoxy) is 1. The number of amides is 1. The molecule has 0 aliphatic rings. The molecule has 0 spiro atoms. The summed E-state index contributed by atoms with van der Waals surface area (Å²) in [5, 5.41) is 0. The highest BCUT2D eigenvalue weighted by atomic mass is 16.6. The minimum Gasteiger partial charge on any atom is -0.485 e. The van der Waals surface area contributed by atoms with Crippen molar-refractivity contribution >= 4 is 5.91 Å². The third-order valence-corrected chi connectivity index (χ3v) is 2.78. The molecule has 0 atom stereocenters.